The van der Waals surface area contributed by atoms with Crippen LogP contribution in [0.4, 0.5) is 0 Å². The zero-order chi connectivity index (χ0) is 9.97. The third kappa shape index (κ3) is 2.20. The SMILES string of the molecule is CC(Br)Cc1cccc2c1CCCC2. The number of fused-ring (bicyclic) bond motifs is 1. The average molecular weight is 253 g/mol. The lowest BCUT2D eigenvalue weighted by atomic mass is 9.87. The van der Waals surface area contributed by atoms with Crippen LogP contribution >= 0.6 is 15.9 Å². The van der Waals surface area contributed by atoms with Gasteiger partial charge in [-0.2, -0.15) is 0 Å². The first-order valence-electron chi connectivity index (χ1n) is 5.51. The normalized spacial score (nSPS) is 17.6. The van der Waals surface area contributed by atoms with Crippen molar-refractivity contribution in [3.05, 3.63) is 34.9 Å². The average Bonchev–Trinajstić information content (AvgIpc) is 2.18. The summed E-state index contributed by atoms with van der Waals surface area (Å²) in [7, 11) is 0. The minimum absolute atomic E-state index is 0.593. The summed E-state index contributed by atoms with van der Waals surface area (Å²) in [6.45, 7) is 2.22. The van der Waals surface area contributed by atoms with E-state index in [0.29, 0.717) is 4.83 Å². The molecule has 1 aromatic rings. The molecule has 0 radical (unpaired) electrons. The Labute approximate surface area is 94.8 Å². The molecule has 0 aromatic heterocycles. The first-order chi connectivity index (χ1) is 6.77. The maximum Gasteiger partial charge on any atom is 0.0158 e. The topological polar surface area (TPSA) is 0 Å². The number of rotatable bonds is 2. The molecule has 0 fully saturated rings. The molecule has 0 saturated carbocycles. The standard InChI is InChI=1S/C13H17Br/c1-10(14)9-12-7-4-6-11-5-2-3-8-13(11)12/h4,6-7,10H,2-3,5,8-9H2,1H3. The molecule has 0 amide bonds. The minimum atomic E-state index is 0.593. The van der Waals surface area contributed by atoms with Gasteiger partial charge in [0.2, 0.25) is 0 Å². The van der Waals surface area contributed by atoms with Crippen LogP contribution in [-0.4, -0.2) is 4.83 Å². The number of benzene rings is 1. The van der Waals surface area contributed by atoms with Gasteiger partial charge in [0.15, 0.2) is 0 Å². The van der Waals surface area contributed by atoms with Gasteiger partial charge < -0.3 is 0 Å². The van der Waals surface area contributed by atoms with Crippen LogP contribution in [0, 0.1) is 0 Å². The van der Waals surface area contributed by atoms with Gasteiger partial charge in [-0.15, -0.1) is 0 Å². The molecule has 1 atom stereocenters. The van der Waals surface area contributed by atoms with Gasteiger partial charge in [-0.3, -0.25) is 0 Å². The number of halogens is 1. The van der Waals surface area contributed by atoms with Crippen LogP contribution < -0.4 is 0 Å². The largest absolute Gasteiger partial charge is 0.0890 e. The van der Waals surface area contributed by atoms with Crippen molar-refractivity contribution in [2.75, 3.05) is 0 Å². The highest BCUT2D eigenvalue weighted by molar-refractivity contribution is 9.09. The number of hydrogen-bond donors (Lipinski definition) is 0. The molecule has 0 N–H and O–H groups in total. The molecule has 0 saturated heterocycles. The molecule has 1 aromatic carbocycles. The molecule has 2 rings (SSSR count). The van der Waals surface area contributed by atoms with Gasteiger partial charge in [0.1, 0.15) is 0 Å². The molecule has 0 heterocycles. The molecule has 0 spiro atoms. The molecule has 0 nitrogen and oxygen atoms in total. The Balaban J connectivity index is 2.30. The molecule has 1 heteroatoms. The second kappa shape index (κ2) is 4.48. The van der Waals surface area contributed by atoms with Crippen molar-refractivity contribution in [3.8, 4) is 0 Å². The van der Waals surface area contributed by atoms with Gasteiger partial charge in [0.05, 0.1) is 0 Å². The van der Waals surface area contributed by atoms with Crippen molar-refractivity contribution in [1.82, 2.24) is 0 Å². The summed E-state index contributed by atoms with van der Waals surface area (Å²) in [6, 6.07) is 6.81. The second-order valence-electron chi connectivity index (χ2n) is 4.25. The second-order valence-corrected chi connectivity index (χ2v) is 5.81. The Morgan fingerprint density at radius 2 is 2.07 bits per heavy atom. The summed E-state index contributed by atoms with van der Waals surface area (Å²) in [5, 5.41) is 0. The van der Waals surface area contributed by atoms with E-state index in [1.54, 1.807) is 16.7 Å². The van der Waals surface area contributed by atoms with Gasteiger partial charge in [0.25, 0.3) is 0 Å². The summed E-state index contributed by atoms with van der Waals surface area (Å²) in [4.78, 5) is 0.593. The number of alkyl halides is 1. The van der Waals surface area contributed by atoms with Crippen molar-refractivity contribution in [1.29, 1.82) is 0 Å². The van der Waals surface area contributed by atoms with E-state index in [9.17, 15) is 0 Å². The lowest BCUT2D eigenvalue weighted by molar-refractivity contribution is 0.677. The van der Waals surface area contributed by atoms with Gasteiger partial charge >= 0.3 is 0 Å². The predicted octanol–water partition coefficient (Wildman–Crippen LogP) is 3.89. The third-order valence-electron chi connectivity index (χ3n) is 2.99. The lowest BCUT2D eigenvalue weighted by Gasteiger charge is -2.19. The smallest absolute Gasteiger partial charge is 0.0158 e. The Morgan fingerprint density at radius 1 is 1.29 bits per heavy atom. The molecular formula is C13H17Br. The van der Waals surface area contributed by atoms with Crippen molar-refractivity contribution < 1.29 is 0 Å². The van der Waals surface area contributed by atoms with Crippen molar-refractivity contribution in [2.45, 2.75) is 43.9 Å². The molecule has 1 aliphatic rings. The van der Waals surface area contributed by atoms with Crippen molar-refractivity contribution in [2.24, 2.45) is 0 Å². The van der Waals surface area contributed by atoms with E-state index in [2.05, 4.69) is 41.1 Å². The van der Waals surface area contributed by atoms with Crippen molar-refractivity contribution >= 4 is 15.9 Å². The summed E-state index contributed by atoms with van der Waals surface area (Å²) in [6.07, 6.45) is 6.51. The van der Waals surface area contributed by atoms with Crippen LogP contribution in [0.15, 0.2) is 18.2 Å². The van der Waals surface area contributed by atoms with Gasteiger partial charge in [-0.1, -0.05) is 41.1 Å². The van der Waals surface area contributed by atoms with Crippen LogP contribution in [-0.2, 0) is 19.3 Å². The Hall–Kier alpha value is -0.300. The van der Waals surface area contributed by atoms with Crippen molar-refractivity contribution in [3.63, 3.8) is 0 Å². The third-order valence-corrected chi connectivity index (χ3v) is 3.32. The Kier molecular flexibility index (Phi) is 3.27. The van der Waals surface area contributed by atoms with E-state index in [0.717, 1.165) is 0 Å². The maximum atomic E-state index is 3.64. The van der Waals surface area contributed by atoms with Crippen LogP contribution in [0.5, 0.6) is 0 Å². The number of hydrogen-bond acceptors (Lipinski definition) is 0. The van der Waals surface area contributed by atoms with Gasteiger partial charge in [0, 0.05) is 4.83 Å². The van der Waals surface area contributed by atoms with Gasteiger partial charge in [-0.25, -0.2) is 0 Å². The zero-order valence-corrected chi connectivity index (χ0v) is 10.3. The number of aryl methyl sites for hydroxylation is 1. The fourth-order valence-electron chi connectivity index (χ4n) is 2.35. The Bertz CT molecular complexity index is 315. The maximum absolute atomic E-state index is 3.64. The first-order valence-corrected chi connectivity index (χ1v) is 6.42. The summed E-state index contributed by atoms with van der Waals surface area (Å²) >= 11 is 3.64. The van der Waals surface area contributed by atoms with Crippen LogP contribution in [0.2, 0.25) is 0 Å². The predicted molar refractivity (Wildman–Crippen MR) is 65.2 cm³/mol. The fourth-order valence-corrected chi connectivity index (χ4v) is 2.70. The monoisotopic (exact) mass is 252 g/mol. The highest BCUT2D eigenvalue weighted by atomic mass is 79.9. The quantitative estimate of drug-likeness (QED) is 0.701. The van der Waals surface area contributed by atoms with E-state index in [4.69, 9.17) is 0 Å². The highest BCUT2D eigenvalue weighted by Gasteiger charge is 2.13. The van der Waals surface area contributed by atoms with Crippen LogP contribution in [0.1, 0.15) is 36.5 Å². The molecule has 0 aliphatic heterocycles. The van der Waals surface area contributed by atoms with E-state index in [-0.39, 0.29) is 0 Å². The van der Waals surface area contributed by atoms with E-state index < -0.39 is 0 Å². The van der Waals surface area contributed by atoms with Crippen LogP contribution in [0.3, 0.4) is 0 Å². The zero-order valence-electron chi connectivity index (χ0n) is 8.72. The molecule has 0 bridgehead atoms. The summed E-state index contributed by atoms with van der Waals surface area (Å²) < 4.78 is 0. The molecular weight excluding hydrogens is 236 g/mol. The molecule has 76 valence electrons. The summed E-state index contributed by atoms with van der Waals surface area (Å²) in [5.41, 5.74) is 4.80. The van der Waals surface area contributed by atoms with Gasteiger partial charge in [-0.05, 0) is 48.8 Å². The van der Waals surface area contributed by atoms with E-state index in [1.807, 2.05) is 0 Å². The Morgan fingerprint density at radius 3 is 2.86 bits per heavy atom. The molecule has 14 heavy (non-hydrogen) atoms. The van der Waals surface area contributed by atoms with E-state index >= 15 is 0 Å². The highest BCUT2D eigenvalue weighted by Crippen LogP contribution is 2.26. The van der Waals surface area contributed by atoms with Crippen LogP contribution in [0.25, 0.3) is 0 Å². The summed E-state index contributed by atoms with van der Waals surface area (Å²) in [5.74, 6) is 0. The first kappa shape index (κ1) is 10.2. The lowest BCUT2D eigenvalue weighted by Crippen LogP contribution is -2.08. The minimum Gasteiger partial charge on any atom is -0.0890 e. The fraction of sp³-hybridized carbons (Fsp3) is 0.538. The van der Waals surface area contributed by atoms with E-state index in [1.165, 1.54) is 32.1 Å². The molecule has 1 aliphatic carbocycles. The molecule has 1 unspecified atom stereocenters.